The highest BCUT2D eigenvalue weighted by atomic mass is 35.5. The summed E-state index contributed by atoms with van der Waals surface area (Å²) < 4.78 is 1.88. The smallest absolute Gasteiger partial charge is 0.255 e. The summed E-state index contributed by atoms with van der Waals surface area (Å²) in [7, 11) is 3.50. The lowest BCUT2D eigenvalue weighted by Crippen LogP contribution is -2.25. The van der Waals surface area contributed by atoms with E-state index < -0.39 is 0 Å². The van der Waals surface area contributed by atoms with Crippen LogP contribution in [-0.2, 0) is 0 Å². The molecule has 152 valence electrons. The molecule has 0 radical (unpaired) electrons. The molecule has 1 aromatic carbocycles. The van der Waals surface area contributed by atoms with Gasteiger partial charge in [-0.3, -0.25) is 9.36 Å². The molecule has 1 saturated carbocycles. The number of carbonyl (C=O) groups excluding carboxylic acids is 1. The maximum atomic E-state index is 13.0. The fraction of sp³-hybridized carbons (Fsp3) is 0.429. The molecule has 0 atom stereocenters. The molecule has 2 aromatic heterocycles. The summed E-state index contributed by atoms with van der Waals surface area (Å²) in [6, 6.07) is 1.81. The predicted molar refractivity (Wildman–Crippen MR) is 115 cm³/mol. The Morgan fingerprint density at radius 3 is 2.62 bits per heavy atom. The Kier molecular flexibility index (Phi) is 5.17. The first-order valence-electron chi connectivity index (χ1n) is 9.88. The van der Waals surface area contributed by atoms with Gasteiger partial charge in [0.2, 0.25) is 0 Å². The van der Waals surface area contributed by atoms with Gasteiger partial charge in [-0.1, -0.05) is 30.9 Å². The number of anilines is 1. The monoisotopic (exact) mass is 412 g/mol. The zero-order chi connectivity index (χ0) is 20.7. The van der Waals surface area contributed by atoms with E-state index in [-0.39, 0.29) is 11.8 Å². The summed E-state index contributed by atoms with van der Waals surface area (Å²) in [5.41, 5.74) is 9.92. The van der Waals surface area contributed by atoms with E-state index in [1.165, 1.54) is 12.7 Å². The molecule has 3 aromatic rings. The largest absolute Gasteiger partial charge is 0.383 e. The van der Waals surface area contributed by atoms with Crippen LogP contribution in [0.2, 0.25) is 5.02 Å². The molecule has 0 aliphatic heterocycles. The van der Waals surface area contributed by atoms with Gasteiger partial charge in [0, 0.05) is 19.7 Å². The lowest BCUT2D eigenvalue weighted by Gasteiger charge is -2.26. The van der Waals surface area contributed by atoms with Gasteiger partial charge in [0.25, 0.3) is 5.91 Å². The molecule has 0 bridgehead atoms. The van der Waals surface area contributed by atoms with Crippen molar-refractivity contribution in [2.75, 3.05) is 19.8 Å². The van der Waals surface area contributed by atoms with Crippen molar-refractivity contribution in [3.63, 3.8) is 0 Å². The Morgan fingerprint density at radius 1 is 1.21 bits per heavy atom. The van der Waals surface area contributed by atoms with Crippen molar-refractivity contribution in [3.8, 4) is 5.82 Å². The minimum atomic E-state index is -0.0884. The molecule has 1 aliphatic carbocycles. The molecule has 2 N–H and O–H groups in total. The molecule has 0 spiro atoms. The average molecular weight is 413 g/mol. The van der Waals surface area contributed by atoms with Crippen LogP contribution in [0.1, 0.15) is 59.5 Å². The van der Waals surface area contributed by atoms with Gasteiger partial charge in [-0.05, 0) is 37.3 Å². The molecule has 1 fully saturated rings. The van der Waals surface area contributed by atoms with E-state index in [0.717, 1.165) is 47.8 Å². The number of nitrogens with two attached hydrogens (primary N) is 1. The first-order valence-corrected chi connectivity index (χ1v) is 10.3. The minimum absolute atomic E-state index is 0.0884. The molecule has 29 heavy (non-hydrogen) atoms. The highest BCUT2D eigenvalue weighted by Crippen LogP contribution is 2.41. The number of aromatic nitrogens is 4. The van der Waals surface area contributed by atoms with Crippen molar-refractivity contribution in [2.24, 2.45) is 0 Å². The van der Waals surface area contributed by atoms with Gasteiger partial charge in [0.15, 0.2) is 0 Å². The van der Waals surface area contributed by atoms with Crippen LogP contribution in [0.25, 0.3) is 16.9 Å². The summed E-state index contributed by atoms with van der Waals surface area (Å²) in [4.78, 5) is 27.8. The fourth-order valence-corrected chi connectivity index (χ4v) is 4.52. The van der Waals surface area contributed by atoms with Crippen molar-refractivity contribution in [3.05, 3.63) is 40.4 Å². The Labute approximate surface area is 174 Å². The van der Waals surface area contributed by atoms with Gasteiger partial charge >= 0.3 is 0 Å². The zero-order valence-electron chi connectivity index (χ0n) is 16.9. The summed E-state index contributed by atoms with van der Waals surface area (Å²) in [6.45, 7) is 1.88. The van der Waals surface area contributed by atoms with E-state index >= 15 is 0 Å². The highest BCUT2D eigenvalue weighted by molar-refractivity contribution is 6.35. The first-order chi connectivity index (χ1) is 13.9. The Balaban J connectivity index is 2.00. The van der Waals surface area contributed by atoms with E-state index in [0.29, 0.717) is 22.2 Å². The molecule has 0 saturated heterocycles. The maximum absolute atomic E-state index is 13.0. The fourth-order valence-electron chi connectivity index (χ4n) is 4.24. The van der Waals surface area contributed by atoms with E-state index in [1.54, 1.807) is 25.3 Å². The average Bonchev–Trinajstić information content (AvgIpc) is 3.12. The second-order valence-corrected chi connectivity index (χ2v) is 8.28. The normalized spacial score (nSPS) is 15.0. The number of nitrogens with zero attached hydrogens (tertiary/aromatic N) is 5. The topological polar surface area (TPSA) is 89.9 Å². The molecule has 7 nitrogen and oxygen atoms in total. The maximum Gasteiger partial charge on any atom is 0.255 e. The highest BCUT2D eigenvalue weighted by Gasteiger charge is 2.29. The van der Waals surface area contributed by atoms with Crippen LogP contribution in [0, 0.1) is 6.92 Å². The first kappa shape index (κ1) is 19.6. The number of rotatable bonds is 3. The van der Waals surface area contributed by atoms with Crippen molar-refractivity contribution in [2.45, 2.75) is 44.9 Å². The summed E-state index contributed by atoms with van der Waals surface area (Å²) in [6.07, 6.45) is 8.77. The van der Waals surface area contributed by atoms with E-state index in [4.69, 9.17) is 22.3 Å². The number of halogens is 1. The van der Waals surface area contributed by atoms with Gasteiger partial charge in [-0.25, -0.2) is 15.0 Å². The van der Waals surface area contributed by atoms with Crippen LogP contribution in [0.15, 0.2) is 18.7 Å². The van der Waals surface area contributed by atoms with Gasteiger partial charge in [-0.2, -0.15) is 0 Å². The van der Waals surface area contributed by atoms with Gasteiger partial charge in [-0.15, -0.1) is 0 Å². The molecular weight excluding hydrogens is 388 g/mol. The summed E-state index contributed by atoms with van der Waals surface area (Å²) in [5, 5.41) is 0.443. The quantitative estimate of drug-likeness (QED) is 0.699. The van der Waals surface area contributed by atoms with Crippen molar-refractivity contribution in [1.82, 2.24) is 24.4 Å². The lowest BCUT2D eigenvalue weighted by atomic mass is 9.81. The molecule has 1 amide bonds. The number of carbonyl (C=O) groups is 1. The predicted octanol–water partition coefficient (Wildman–Crippen LogP) is 4.11. The third-order valence-electron chi connectivity index (χ3n) is 5.79. The number of nitrogen functional groups attached to an aromatic ring is 1. The number of amides is 1. The van der Waals surface area contributed by atoms with E-state index in [9.17, 15) is 4.79 Å². The van der Waals surface area contributed by atoms with Gasteiger partial charge in [0.1, 0.15) is 24.3 Å². The lowest BCUT2D eigenvalue weighted by molar-refractivity contribution is 0.0826. The van der Waals surface area contributed by atoms with Crippen LogP contribution in [0.4, 0.5) is 5.82 Å². The van der Waals surface area contributed by atoms with Crippen LogP contribution in [0.5, 0.6) is 0 Å². The second kappa shape index (κ2) is 7.63. The number of hydrogen-bond acceptors (Lipinski definition) is 5. The van der Waals surface area contributed by atoms with Crippen LogP contribution in [-0.4, -0.2) is 44.4 Å². The third kappa shape index (κ3) is 3.33. The van der Waals surface area contributed by atoms with Crippen LogP contribution >= 0.6 is 11.6 Å². The number of imidazole rings is 1. The van der Waals surface area contributed by atoms with Crippen molar-refractivity contribution < 1.29 is 4.79 Å². The molecule has 1 aliphatic rings. The molecule has 0 unspecified atom stereocenters. The third-order valence-corrected chi connectivity index (χ3v) is 6.09. The minimum Gasteiger partial charge on any atom is -0.383 e. The van der Waals surface area contributed by atoms with Crippen molar-refractivity contribution >= 4 is 34.4 Å². The Bertz CT molecular complexity index is 1080. The van der Waals surface area contributed by atoms with Crippen molar-refractivity contribution in [1.29, 1.82) is 0 Å². The van der Waals surface area contributed by atoms with E-state index in [1.807, 2.05) is 17.6 Å². The second-order valence-electron chi connectivity index (χ2n) is 7.87. The van der Waals surface area contributed by atoms with Gasteiger partial charge in [0.05, 0.1) is 21.6 Å². The van der Waals surface area contributed by atoms with Gasteiger partial charge < -0.3 is 10.6 Å². The molecule has 4 rings (SSSR count). The van der Waals surface area contributed by atoms with Crippen LogP contribution in [0.3, 0.4) is 0 Å². The standard InChI is InChI=1S/C21H25ClN6O/c1-12-19(23)24-10-25-20(12)28-11-26-18-15(28)9-14(22)17(21(29)27(2)3)16(18)13-7-5-4-6-8-13/h9-11,13H,4-8H2,1-3H3,(H2,23,24,25). The Hall–Kier alpha value is -2.67. The summed E-state index contributed by atoms with van der Waals surface area (Å²) in [5.74, 6) is 1.27. The molecule has 2 heterocycles. The van der Waals surface area contributed by atoms with Crippen LogP contribution < -0.4 is 5.73 Å². The van der Waals surface area contributed by atoms with E-state index in [2.05, 4.69) is 9.97 Å². The Morgan fingerprint density at radius 2 is 1.93 bits per heavy atom. The zero-order valence-corrected chi connectivity index (χ0v) is 17.7. The number of hydrogen-bond donors (Lipinski definition) is 1. The molecular formula is C21H25ClN6O. The number of benzene rings is 1. The SMILES string of the molecule is Cc1c(N)ncnc1-n1cnc2c(C3CCCCC3)c(C(=O)N(C)C)c(Cl)cc21. The summed E-state index contributed by atoms with van der Waals surface area (Å²) >= 11 is 6.71. The number of fused-ring (bicyclic) bond motifs is 1. The molecule has 8 heteroatoms.